The van der Waals surface area contributed by atoms with Gasteiger partial charge in [0.1, 0.15) is 0 Å². The molecule has 0 radical (unpaired) electrons. The average molecular weight is 232 g/mol. The molecule has 3 aromatic heterocycles. The molecule has 0 saturated carbocycles. The molecule has 17 heavy (non-hydrogen) atoms. The number of rotatable bonds is 2. The number of nitrogen functional groups attached to an aromatic ring is 1. The van der Waals surface area contributed by atoms with E-state index in [0.717, 1.165) is 5.56 Å². The van der Waals surface area contributed by atoms with Crippen LogP contribution in [0.4, 0.5) is 5.95 Å². The van der Waals surface area contributed by atoms with Crippen LogP contribution in [-0.2, 0) is 7.05 Å². The Bertz CT molecular complexity index is 595. The first-order chi connectivity index (χ1) is 8.22. The average Bonchev–Trinajstić information content (AvgIpc) is 2.96. The molecule has 0 unspecified atom stereocenters. The largest absolute Gasteiger partial charge is 0.366 e. The number of hydrogen-bond donors (Lipinski definition) is 2. The van der Waals surface area contributed by atoms with E-state index in [0.29, 0.717) is 11.6 Å². The summed E-state index contributed by atoms with van der Waals surface area (Å²) >= 11 is 0. The van der Waals surface area contributed by atoms with Crippen LogP contribution in [0.2, 0.25) is 0 Å². The number of H-pyrrole nitrogens is 1. The third-order valence-corrected chi connectivity index (χ3v) is 2.09. The maximum Gasteiger partial charge on any atom is 0.295 e. The number of nitrogens with one attached hydrogen (secondary N) is 1. The van der Waals surface area contributed by atoms with E-state index in [1.165, 1.54) is 0 Å². The maximum absolute atomic E-state index is 5.38. The van der Waals surface area contributed by atoms with Gasteiger partial charge in [-0.15, -0.1) is 5.10 Å². The summed E-state index contributed by atoms with van der Waals surface area (Å²) in [5.74, 6) is 1.13. The first-order valence-corrected chi connectivity index (χ1v) is 4.73. The molecule has 0 atom stereocenters. The fourth-order valence-corrected chi connectivity index (χ4v) is 1.34. The molecule has 0 aliphatic heterocycles. The Hall–Kier alpha value is -2.71. The summed E-state index contributed by atoms with van der Waals surface area (Å²) in [4.78, 5) is 8.04. The Kier molecular flexibility index (Phi) is 1.90. The van der Waals surface area contributed by atoms with Crippen molar-refractivity contribution in [3.8, 4) is 23.1 Å². The molecule has 3 aromatic rings. The van der Waals surface area contributed by atoms with Crippen molar-refractivity contribution < 1.29 is 4.52 Å². The zero-order chi connectivity index (χ0) is 11.8. The fraction of sp³-hybridized carbons (Fsp3) is 0.125. The highest BCUT2D eigenvalue weighted by Gasteiger charge is 2.14. The Balaban J connectivity index is 1.98. The second kappa shape index (κ2) is 3.40. The molecule has 0 aliphatic rings. The van der Waals surface area contributed by atoms with E-state index in [-0.39, 0.29) is 11.8 Å². The summed E-state index contributed by atoms with van der Waals surface area (Å²) in [5, 5.41) is 14.1. The van der Waals surface area contributed by atoms with Gasteiger partial charge in [-0.2, -0.15) is 15.1 Å². The Morgan fingerprint density at radius 2 is 2.29 bits per heavy atom. The van der Waals surface area contributed by atoms with Gasteiger partial charge in [0.25, 0.3) is 5.89 Å². The standard InChI is InChI=1S/C8H8N8O/c1-16-3-4(2-10-16)5-11-7(17-15-5)6-12-8(9)14-13-6/h2-3H,1H3,(H3,9,12,13,14). The van der Waals surface area contributed by atoms with Gasteiger partial charge in [-0.25, -0.2) is 0 Å². The lowest BCUT2D eigenvalue weighted by atomic mass is 10.3. The van der Waals surface area contributed by atoms with Crippen LogP contribution in [0.1, 0.15) is 0 Å². The van der Waals surface area contributed by atoms with E-state index in [2.05, 4.69) is 30.4 Å². The van der Waals surface area contributed by atoms with E-state index in [4.69, 9.17) is 10.3 Å². The second-order valence-electron chi connectivity index (χ2n) is 3.37. The molecule has 9 nitrogen and oxygen atoms in total. The molecule has 86 valence electrons. The minimum Gasteiger partial charge on any atom is -0.366 e. The summed E-state index contributed by atoms with van der Waals surface area (Å²) in [5.41, 5.74) is 6.14. The molecule has 3 heterocycles. The molecule has 3 N–H and O–H groups in total. The predicted octanol–water partition coefficient (Wildman–Crippen LogP) is -0.163. The van der Waals surface area contributed by atoms with Gasteiger partial charge >= 0.3 is 0 Å². The number of nitrogens with two attached hydrogens (primary N) is 1. The quantitative estimate of drug-likeness (QED) is 0.628. The molecular formula is C8H8N8O. The first-order valence-electron chi connectivity index (χ1n) is 4.73. The number of nitrogens with zero attached hydrogens (tertiary/aromatic N) is 6. The van der Waals surface area contributed by atoms with Crippen LogP contribution >= 0.6 is 0 Å². The fourth-order valence-electron chi connectivity index (χ4n) is 1.34. The molecule has 3 rings (SSSR count). The number of aromatic nitrogens is 7. The first kappa shape index (κ1) is 9.51. The number of aryl methyl sites for hydroxylation is 1. The molecule has 0 bridgehead atoms. The third-order valence-electron chi connectivity index (χ3n) is 2.09. The molecule has 0 aliphatic carbocycles. The van der Waals surface area contributed by atoms with E-state index in [1.54, 1.807) is 17.1 Å². The van der Waals surface area contributed by atoms with Crippen LogP contribution in [0, 0.1) is 0 Å². The van der Waals surface area contributed by atoms with Crippen molar-refractivity contribution in [2.45, 2.75) is 0 Å². The topological polar surface area (TPSA) is 124 Å². The second-order valence-corrected chi connectivity index (χ2v) is 3.37. The lowest BCUT2D eigenvalue weighted by Gasteiger charge is -1.83. The lowest BCUT2D eigenvalue weighted by Crippen LogP contribution is -1.85. The van der Waals surface area contributed by atoms with Gasteiger partial charge < -0.3 is 10.3 Å². The lowest BCUT2D eigenvalue weighted by molar-refractivity contribution is 0.429. The van der Waals surface area contributed by atoms with Gasteiger partial charge in [0, 0.05) is 13.2 Å². The monoisotopic (exact) mass is 232 g/mol. The van der Waals surface area contributed by atoms with Gasteiger partial charge in [-0.3, -0.25) is 9.78 Å². The minimum atomic E-state index is 0.126. The maximum atomic E-state index is 5.38. The van der Waals surface area contributed by atoms with Crippen molar-refractivity contribution >= 4 is 5.95 Å². The van der Waals surface area contributed by atoms with Crippen molar-refractivity contribution in [3.63, 3.8) is 0 Å². The molecular weight excluding hydrogens is 224 g/mol. The van der Waals surface area contributed by atoms with Crippen LogP contribution in [0.5, 0.6) is 0 Å². The van der Waals surface area contributed by atoms with E-state index in [9.17, 15) is 0 Å². The van der Waals surface area contributed by atoms with Crippen LogP contribution in [0.25, 0.3) is 23.1 Å². The third kappa shape index (κ3) is 1.62. The number of hydrogen-bond acceptors (Lipinski definition) is 7. The Morgan fingerprint density at radius 3 is 2.94 bits per heavy atom. The minimum absolute atomic E-state index is 0.126. The highest BCUT2D eigenvalue weighted by molar-refractivity contribution is 5.54. The van der Waals surface area contributed by atoms with Gasteiger partial charge in [-0.05, 0) is 0 Å². The molecule has 0 fully saturated rings. The van der Waals surface area contributed by atoms with Crippen molar-refractivity contribution in [3.05, 3.63) is 12.4 Å². The smallest absolute Gasteiger partial charge is 0.295 e. The predicted molar refractivity (Wildman–Crippen MR) is 56.3 cm³/mol. The highest BCUT2D eigenvalue weighted by atomic mass is 16.5. The van der Waals surface area contributed by atoms with E-state index in [1.807, 2.05) is 7.05 Å². The number of aromatic amines is 1. The van der Waals surface area contributed by atoms with Crippen LogP contribution in [0.15, 0.2) is 16.9 Å². The molecule has 0 saturated heterocycles. The zero-order valence-corrected chi connectivity index (χ0v) is 8.82. The van der Waals surface area contributed by atoms with Gasteiger partial charge in [-0.1, -0.05) is 5.16 Å². The highest BCUT2D eigenvalue weighted by Crippen LogP contribution is 2.18. The summed E-state index contributed by atoms with van der Waals surface area (Å²) in [7, 11) is 1.81. The van der Waals surface area contributed by atoms with Crippen molar-refractivity contribution in [2.24, 2.45) is 7.05 Å². The van der Waals surface area contributed by atoms with Crippen LogP contribution in [0.3, 0.4) is 0 Å². The summed E-state index contributed by atoms with van der Waals surface area (Å²) in [6.07, 6.45) is 3.42. The SMILES string of the molecule is Cn1cc(-c2noc(-c3nc(N)n[nH]3)n2)cn1. The van der Waals surface area contributed by atoms with Gasteiger partial charge in [0.2, 0.25) is 17.6 Å². The van der Waals surface area contributed by atoms with E-state index < -0.39 is 0 Å². The van der Waals surface area contributed by atoms with Gasteiger partial charge in [0.15, 0.2) is 0 Å². The Labute approximate surface area is 94.7 Å². The number of anilines is 1. The van der Waals surface area contributed by atoms with Gasteiger partial charge in [0.05, 0.1) is 11.8 Å². The molecule has 0 amide bonds. The van der Waals surface area contributed by atoms with Crippen molar-refractivity contribution in [1.29, 1.82) is 0 Å². The molecule has 0 spiro atoms. The van der Waals surface area contributed by atoms with E-state index >= 15 is 0 Å². The van der Waals surface area contributed by atoms with Crippen LogP contribution < -0.4 is 5.73 Å². The molecule has 0 aromatic carbocycles. The Morgan fingerprint density at radius 1 is 1.41 bits per heavy atom. The van der Waals surface area contributed by atoms with Crippen molar-refractivity contribution in [2.75, 3.05) is 5.73 Å². The summed E-state index contributed by atoms with van der Waals surface area (Å²) in [6, 6.07) is 0. The normalized spacial score (nSPS) is 10.9. The van der Waals surface area contributed by atoms with Crippen LogP contribution in [-0.4, -0.2) is 35.1 Å². The van der Waals surface area contributed by atoms with Crippen molar-refractivity contribution in [1.82, 2.24) is 35.1 Å². The molecule has 9 heteroatoms. The summed E-state index contributed by atoms with van der Waals surface area (Å²) in [6.45, 7) is 0. The summed E-state index contributed by atoms with van der Waals surface area (Å²) < 4.78 is 6.69. The zero-order valence-electron chi connectivity index (χ0n) is 8.82.